The molecule has 0 aliphatic rings. The molecule has 6 heteroatoms. The first-order valence-electron chi connectivity index (χ1n) is 5.22. The standard InChI is InChI=1S/C11H18N2O3S/c1-8(2)13(3)17(14,15)9-5-6-11(16-4)10(12)7-9/h5-8H,12H2,1-4H3. The monoisotopic (exact) mass is 258 g/mol. The van der Waals surface area contributed by atoms with Gasteiger partial charge in [0.1, 0.15) is 5.75 Å². The van der Waals surface area contributed by atoms with Crippen molar-refractivity contribution in [3.8, 4) is 5.75 Å². The summed E-state index contributed by atoms with van der Waals surface area (Å²) < 4.78 is 30.6. The van der Waals surface area contributed by atoms with Crippen LogP contribution in [0.25, 0.3) is 0 Å². The van der Waals surface area contributed by atoms with E-state index in [9.17, 15) is 8.42 Å². The van der Waals surface area contributed by atoms with Gasteiger partial charge in [0.05, 0.1) is 17.7 Å². The lowest BCUT2D eigenvalue weighted by Crippen LogP contribution is -2.33. The third kappa shape index (κ3) is 2.70. The molecule has 0 radical (unpaired) electrons. The zero-order valence-corrected chi connectivity index (χ0v) is 11.3. The normalized spacial score (nSPS) is 12.1. The molecule has 0 fully saturated rings. The molecule has 0 saturated heterocycles. The minimum Gasteiger partial charge on any atom is -0.495 e. The Morgan fingerprint density at radius 1 is 1.35 bits per heavy atom. The van der Waals surface area contributed by atoms with Crippen LogP contribution in [-0.4, -0.2) is 32.9 Å². The molecule has 0 atom stereocenters. The van der Waals surface area contributed by atoms with Gasteiger partial charge < -0.3 is 10.5 Å². The maximum absolute atomic E-state index is 12.2. The molecule has 0 bridgehead atoms. The van der Waals surface area contributed by atoms with Crippen LogP contribution in [0.4, 0.5) is 5.69 Å². The van der Waals surface area contributed by atoms with Gasteiger partial charge in [0.15, 0.2) is 0 Å². The van der Waals surface area contributed by atoms with Crippen molar-refractivity contribution in [1.29, 1.82) is 0 Å². The van der Waals surface area contributed by atoms with Gasteiger partial charge in [0, 0.05) is 13.1 Å². The first-order valence-corrected chi connectivity index (χ1v) is 6.66. The summed E-state index contributed by atoms with van der Waals surface area (Å²) in [7, 11) is -0.460. The van der Waals surface area contributed by atoms with Crippen molar-refractivity contribution in [2.75, 3.05) is 19.9 Å². The fourth-order valence-electron chi connectivity index (χ4n) is 1.32. The van der Waals surface area contributed by atoms with Crippen molar-refractivity contribution in [1.82, 2.24) is 4.31 Å². The van der Waals surface area contributed by atoms with E-state index in [-0.39, 0.29) is 10.9 Å². The lowest BCUT2D eigenvalue weighted by molar-refractivity contribution is 0.409. The Bertz CT molecular complexity index is 497. The summed E-state index contributed by atoms with van der Waals surface area (Å²) in [5.41, 5.74) is 6.01. The van der Waals surface area contributed by atoms with Crippen LogP contribution < -0.4 is 10.5 Å². The number of methoxy groups -OCH3 is 1. The highest BCUT2D eigenvalue weighted by atomic mass is 32.2. The molecule has 96 valence electrons. The first kappa shape index (κ1) is 13.8. The van der Waals surface area contributed by atoms with Crippen LogP contribution >= 0.6 is 0 Å². The fraction of sp³-hybridized carbons (Fsp3) is 0.455. The van der Waals surface area contributed by atoms with Crippen LogP contribution in [0.2, 0.25) is 0 Å². The summed E-state index contributed by atoms with van der Waals surface area (Å²) in [6.07, 6.45) is 0. The molecule has 0 aliphatic heterocycles. The van der Waals surface area contributed by atoms with E-state index in [0.717, 1.165) is 0 Å². The molecule has 0 heterocycles. The summed E-state index contributed by atoms with van der Waals surface area (Å²) in [5, 5.41) is 0. The second-order valence-electron chi connectivity index (χ2n) is 4.02. The van der Waals surface area contributed by atoms with E-state index in [0.29, 0.717) is 11.4 Å². The van der Waals surface area contributed by atoms with Gasteiger partial charge in [0.2, 0.25) is 10.0 Å². The highest BCUT2D eigenvalue weighted by molar-refractivity contribution is 7.89. The van der Waals surface area contributed by atoms with E-state index in [1.165, 1.54) is 23.5 Å². The average molecular weight is 258 g/mol. The Kier molecular flexibility index (Phi) is 4.00. The molecule has 0 aliphatic carbocycles. The smallest absolute Gasteiger partial charge is 0.243 e. The molecule has 0 aromatic heterocycles. The van der Waals surface area contributed by atoms with Crippen molar-refractivity contribution >= 4 is 15.7 Å². The van der Waals surface area contributed by atoms with Crippen LogP contribution in [0.3, 0.4) is 0 Å². The number of nitrogen functional groups attached to an aromatic ring is 1. The molecule has 5 nitrogen and oxygen atoms in total. The molecular weight excluding hydrogens is 240 g/mol. The van der Waals surface area contributed by atoms with Crippen LogP contribution in [-0.2, 0) is 10.0 Å². The number of benzene rings is 1. The molecule has 2 N–H and O–H groups in total. The molecule has 0 unspecified atom stereocenters. The summed E-state index contributed by atoms with van der Waals surface area (Å²) in [6.45, 7) is 3.62. The van der Waals surface area contributed by atoms with Gasteiger partial charge in [-0.1, -0.05) is 0 Å². The van der Waals surface area contributed by atoms with Crippen molar-refractivity contribution in [3.63, 3.8) is 0 Å². The largest absolute Gasteiger partial charge is 0.495 e. The Morgan fingerprint density at radius 3 is 2.35 bits per heavy atom. The number of hydrogen-bond acceptors (Lipinski definition) is 4. The predicted octanol–water partition coefficient (Wildman–Crippen LogP) is 1.31. The van der Waals surface area contributed by atoms with Crippen molar-refractivity contribution in [2.24, 2.45) is 0 Å². The van der Waals surface area contributed by atoms with E-state index in [2.05, 4.69) is 0 Å². The van der Waals surface area contributed by atoms with E-state index in [1.54, 1.807) is 13.1 Å². The van der Waals surface area contributed by atoms with Gasteiger partial charge >= 0.3 is 0 Å². The Labute approximate surface area is 102 Å². The number of anilines is 1. The average Bonchev–Trinajstić information content (AvgIpc) is 2.27. The number of ether oxygens (including phenoxy) is 1. The third-order valence-corrected chi connectivity index (χ3v) is 4.63. The number of nitrogens with two attached hydrogens (primary N) is 1. The van der Waals surface area contributed by atoms with E-state index in [1.807, 2.05) is 13.8 Å². The molecule has 1 aromatic rings. The molecule has 1 rings (SSSR count). The topological polar surface area (TPSA) is 72.6 Å². The molecular formula is C11H18N2O3S. The molecule has 0 spiro atoms. The first-order chi connectivity index (χ1) is 7.80. The summed E-state index contributed by atoms with van der Waals surface area (Å²) in [4.78, 5) is 0.173. The van der Waals surface area contributed by atoms with Gasteiger partial charge in [-0.3, -0.25) is 0 Å². The zero-order valence-electron chi connectivity index (χ0n) is 10.5. The van der Waals surface area contributed by atoms with Crippen LogP contribution in [0.5, 0.6) is 5.75 Å². The zero-order chi connectivity index (χ0) is 13.2. The van der Waals surface area contributed by atoms with E-state index >= 15 is 0 Å². The van der Waals surface area contributed by atoms with Crippen LogP contribution in [0.1, 0.15) is 13.8 Å². The second-order valence-corrected chi connectivity index (χ2v) is 6.02. The molecule has 1 aromatic carbocycles. The lowest BCUT2D eigenvalue weighted by atomic mass is 10.3. The number of sulfonamides is 1. The maximum Gasteiger partial charge on any atom is 0.243 e. The fourth-order valence-corrected chi connectivity index (χ4v) is 2.72. The summed E-state index contributed by atoms with van der Waals surface area (Å²) >= 11 is 0. The quantitative estimate of drug-likeness (QED) is 0.826. The van der Waals surface area contributed by atoms with Gasteiger partial charge in [-0.15, -0.1) is 0 Å². The minimum absolute atomic E-state index is 0.108. The molecule has 0 amide bonds. The van der Waals surface area contributed by atoms with Gasteiger partial charge in [-0.25, -0.2) is 8.42 Å². The summed E-state index contributed by atoms with van der Waals surface area (Å²) in [6, 6.07) is 4.34. The van der Waals surface area contributed by atoms with Crippen LogP contribution in [0.15, 0.2) is 23.1 Å². The highest BCUT2D eigenvalue weighted by Crippen LogP contribution is 2.26. The highest BCUT2D eigenvalue weighted by Gasteiger charge is 2.23. The van der Waals surface area contributed by atoms with E-state index in [4.69, 9.17) is 10.5 Å². The van der Waals surface area contributed by atoms with E-state index < -0.39 is 10.0 Å². The second kappa shape index (κ2) is 4.93. The summed E-state index contributed by atoms with van der Waals surface area (Å²) in [5.74, 6) is 0.469. The number of rotatable bonds is 4. The molecule has 17 heavy (non-hydrogen) atoms. The SMILES string of the molecule is COc1ccc(S(=O)(=O)N(C)C(C)C)cc1N. The van der Waals surface area contributed by atoms with Gasteiger partial charge in [-0.05, 0) is 32.0 Å². The third-order valence-electron chi connectivity index (χ3n) is 2.61. The van der Waals surface area contributed by atoms with Gasteiger partial charge in [0.25, 0.3) is 0 Å². The van der Waals surface area contributed by atoms with Crippen molar-refractivity contribution < 1.29 is 13.2 Å². The number of nitrogens with zero attached hydrogens (tertiary/aromatic N) is 1. The maximum atomic E-state index is 12.2. The molecule has 0 saturated carbocycles. The minimum atomic E-state index is -3.49. The van der Waals surface area contributed by atoms with Crippen molar-refractivity contribution in [3.05, 3.63) is 18.2 Å². The Balaban J connectivity index is 3.21. The Morgan fingerprint density at radius 2 is 1.94 bits per heavy atom. The Hall–Kier alpha value is -1.27. The van der Waals surface area contributed by atoms with Crippen LogP contribution in [0, 0.1) is 0 Å². The predicted molar refractivity (Wildman–Crippen MR) is 67.5 cm³/mol. The number of hydrogen-bond donors (Lipinski definition) is 1. The van der Waals surface area contributed by atoms with Crippen molar-refractivity contribution in [2.45, 2.75) is 24.8 Å². The lowest BCUT2D eigenvalue weighted by Gasteiger charge is -2.21. The van der Waals surface area contributed by atoms with Gasteiger partial charge in [-0.2, -0.15) is 4.31 Å².